The van der Waals surface area contributed by atoms with Gasteiger partial charge < -0.3 is 20.7 Å². The number of ether oxygens (including phenoxy) is 1. The summed E-state index contributed by atoms with van der Waals surface area (Å²) in [5.41, 5.74) is 6.53. The Bertz CT molecular complexity index is 448. The summed E-state index contributed by atoms with van der Waals surface area (Å²) < 4.78 is 5.59. The number of rotatable bonds is 3. The fourth-order valence-corrected chi connectivity index (χ4v) is 2.09. The minimum atomic E-state index is -0.102. The van der Waals surface area contributed by atoms with E-state index in [0.717, 1.165) is 24.4 Å². The molecule has 2 amide bonds. The van der Waals surface area contributed by atoms with Gasteiger partial charge in [0.05, 0.1) is 6.10 Å². The zero-order chi connectivity index (χ0) is 13.8. The molecule has 1 aliphatic heterocycles. The maximum atomic E-state index is 12.0. The zero-order valence-electron chi connectivity index (χ0n) is 11.4. The minimum Gasteiger partial charge on any atom is -0.491 e. The van der Waals surface area contributed by atoms with E-state index < -0.39 is 0 Å². The quantitative estimate of drug-likeness (QED) is 0.877. The van der Waals surface area contributed by atoms with Gasteiger partial charge >= 0.3 is 6.03 Å². The first-order valence-corrected chi connectivity index (χ1v) is 6.63. The second-order valence-corrected chi connectivity index (χ2v) is 5.12. The highest BCUT2D eigenvalue weighted by Crippen LogP contribution is 2.19. The number of anilines is 1. The van der Waals surface area contributed by atoms with Crippen molar-refractivity contribution in [2.45, 2.75) is 32.4 Å². The summed E-state index contributed by atoms with van der Waals surface area (Å²) in [6, 6.07) is 7.41. The molecule has 2 rings (SSSR count). The van der Waals surface area contributed by atoms with Crippen LogP contribution < -0.4 is 15.8 Å². The number of likely N-dealkylation sites (tertiary alicyclic amines) is 1. The summed E-state index contributed by atoms with van der Waals surface area (Å²) >= 11 is 0. The highest BCUT2D eigenvalue weighted by atomic mass is 16.5. The molecule has 1 aromatic rings. The average Bonchev–Trinajstić information content (AvgIpc) is 2.75. The van der Waals surface area contributed by atoms with Crippen molar-refractivity contribution >= 4 is 11.7 Å². The Morgan fingerprint density at radius 3 is 2.95 bits per heavy atom. The maximum Gasteiger partial charge on any atom is 0.321 e. The van der Waals surface area contributed by atoms with Gasteiger partial charge in [0.1, 0.15) is 5.75 Å². The summed E-state index contributed by atoms with van der Waals surface area (Å²) in [4.78, 5) is 13.7. The van der Waals surface area contributed by atoms with Gasteiger partial charge in [0, 0.05) is 30.9 Å². The molecule has 0 spiro atoms. The van der Waals surface area contributed by atoms with E-state index in [-0.39, 0.29) is 18.2 Å². The van der Waals surface area contributed by atoms with E-state index >= 15 is 0 Å². The van der Waals surface area contributed by atoms with Crippen LogP contribution in [0.4, 0.5) is 10.5 Å². The van der Waals surface area contributed by atoms with E-state index in [1.54, 1.807) is 4.90 Å². The predicted octanol–water partition coefficient (Wildman–Crippen LogP) is 2.04. The molecule has 0 aliphatic carbocycles. The fraction of sp³-hybridized carbons (Fsp3) is 0.500. The first kappa shape index (κ1) is 13.7. The molecule has 1 heterocycles. The van der Waals surface area contributed by atoms with Gasteiger partial charge in [-0.25, -0.2) is 4.79 Å². The normalized spacial score (nSPS) is 18.7. The number of carbonyl (C=O) groups excluding carboxylic acids is 1. The van der Waals surface area contributed by atoms with Gasteiger partial charge in [-0.05, 0) is 32.4 Å². The number of nitrogens with two attached hydrogens (primary N) is 1. The number of nitrogens with one attached hydrogen (secondary N) is 1. The molecule has 0 unspecified atom stereocenters. The Kier molecular flexibility index (Phi) is 4.27. The van der Waals surface area contributed by atoms with Crippen LogP contribution in [0.2, 0.25) is 0 Å². The first-order chi connectivity index (χ1) is 9.04. The third-order valence-electron chi connectivity index (χ3n) is 2.97. The molecule has 0 radical (unpaired) electrons. The summed E-state index contributed by atoms with van der Waals surface area (Å²) in [5, 5.41) is 2.87. The molecule has 0 saturated carbocycles. The fourth-order valence-electron chi connectivity index (χ4n) is 2.09. The van der Waals surface area contributed by atoms with E-state index in [9.17, 15) is 4.79 Å². The zero-order valence-corrected chi connectivity index (χ0v) is 11.4. The Hall–Kier alpha value is -1.75. The monoisotopic (exact) mass is 263 g/mol. The Labute approximate surface area is 113 Å². The first-order valence-electron chi connectivity index (χ1n) is 6.63. The van der Waals surface area contributed by atoms with Crippen LogP contribution in [0.1, 0.15) is 20.3 Å². The molecule has 0 aromatic heterocycles. The number of nitrogens with zero attached hydrogens (tertiary/aromatic N) is 1. The molecule has 1 fully saturated rings. The highest BCUT2D eigenvalue weighted by Gasteiger charge is 2.23. The summed E-state index contributed by atoms with van der Waals surface area (Å²) in [6.07, 6.45) is 0.978. The number of amides is 2. The van der Waals surface area contributed by atoms with Crippen molar-refractivity contribution in [2.75, 3.05) is 18.4 Å². The lowest BCUT2D eigenvalue weighted by Crippen LogP contribution is -2.35. The summed E-state index contributed by atoms with van der Waals surface area (Å²) in [6.45, 7) is 5.27. The largest absolute Gasteiger partial charge is 0.491 e. The van der Waals surface area contributed by atoms with E-state index in [2.05, 4.69) is 5.32 Å². The number of hydrogen-bond donors (Lipinski definition) is 2. The molecule has 104 valence electrons. The number of carbonyl (C=O) groups is 1. The molecule has 0 bridgehead atoms. The van der Waals surface area contributed by atoms with E-state index in [4.69, 9.17) is 10.5 Å². The number of urea groups is 1. The molecule has 5 nitrogen and oxygen atoms in total. The van der Waals surface area contributed by atoms with Crippen LogP contribution in [-0.4, -0.2) is 36.2 Å². The van der Waals surface area contributed by atoms with Crippen molar-refractivity contribution in [3.05, 3.63) is 24.3 Å². The van der Waals surface area contributed by atoms with Crippen molar-refractivity contribution < 1.29 is 9.53 Å². The van der Waals surface area contributed by atoms with E-state index in [1.165, 1.54) is 0 Å². The van der Waals surface area contributed by atoms with Gasteiger partial charge in [-0.1, -0.05) is 6.07 Å². The lowest BCUT2D eigenvalue weighted by atomic mass is 10.3. The second kappa shape index (κ2) is 5.93. The van der Waals surface area contributed by atoms with Crippen molar-refractivity contribution in [1.82, 2.24) is 4.90 Å². The van der Waals surface area contributed by atoms with Crippen LogP contribution in [0.25, 0.3) is 0 Å². The molecule has 1 aliphatic rings. The molecule has 19 heavy (non-hydrogen) atoms. The van der Waals surface area contributed by atoms with E-state index in [1.807, 2.05) is 38.1 Å². The number of hydrogen-bond acceptors (Lipinski definition) is 3. The smallest absolute Gasteiger partial charge is 0.321 e. The molecular formula is C14H21N3O2. The Morgan fingerprint density at radius 2 is 2.32 bits per heavy atom. The van der Waals surface area contributed by atoms with Crippen LogP contribution in [-0.2, 0) is 0 Å². The SMILES string of the molecule is CC(C)Oc1cccc(NC(=O)N2CC[C@@H](N)C2)c1. The lowest BCUT2D eigenvalue weighted by molar-refractivity contribution is 0.222. The van der Waals surface area contributed by atoms with Crippen LogP contribution >= 0.6 is 0 Å². The topological polar surface area (TPSA) is 67.6 Å². The molecule has 1 aromatic carbocycles. The molecule has 3 N–H and O–H groups in total. The van der Waals surface area contributed by atoms with Gasteiger partial charge in [0.25, 0.3) is 0 Å². The van der Waals surface area contributed by atoms with Crippen molar-refractivity contribution in [1.29, 1.82) is 0 Å². The van der Waals surface area contributed by atoms with Gasteiger partial charge in [0.2, 0.25) is 0 Å². The Balaban J connectivity index is 1.96. The third kappa shape index (κ3) is 3.86. The predicted molar refractivity (Wildman–Crippen MR) is 75.4 cm³/mol. The van der Waals surface area contributed by atoms with Gasteiger partial charge in [-0.15, -0.1) is 0 Å². The average molecular weight is 263 g/mol. The molecule has 1 atom stereocenters. The maximum absolute atomic E-state index is 12.0. The highest BCUT2D eigenvalue weighted by molar-refractivity contribution is 5.89. The van der Waals surface area contributed by atoms with E-state index in [0.29, 0.717) is 6.54 Å². The standard InChI is InChI=1S/C14H21N3O2/c1-10(2)19-13-5-3-4-12(8-13)16-14(18)17-7-6-11(15)9-17/h3-5,8,10-11H,6-7,9,15H2,1-2H3,(H,16,18)/t11-/m1/s1. The molecular weight excluding hydrogens is 242 g/mol. The number of benzene rings is 1. The van der Waals surface area contributed by atoms with Crippen molar-refractivity contribution in [3.8, 4) is 5.75 Å². The lowest BCUT2D eigenvalue weighted by Gasteiger charge is -2.17. The third-order valence-corrected chi connectivity index (χ3v) is 2.97. The minimum absolute atomic E-state index is 0.0985. The van der Waals surface area contributed by atoms with Crippen LogP contribution in [0.15, 0.2) is 24.3 Å². The summed E-state index contributed by atoms with van der Waals surface area (Å²) in [5.74, 6) is 0.755. The van der Waals surface area contributed by atoms with Crippen LogP contribution in [0.3, 0.4) is 0 Å². The summed E-state index contributed by atoms with van der Waals surface area (Å²) in [7, 11) is 0. The van der Waals surface area contributed by atoms with Crippen LogP contribution in [0, 0.1) is 0 Å². The van der Waals surface area contributed by atoms with Gasteiger partial charge in [0.15, 0.2) is 0 Å². The van der Waals surface area contributed by atoms with Crippen molar-refractivity contribution in [3.63, 3.8) is 0 Å². The second-order valence-electron chi connectivity index (χ2n) is 5.12. The van der Waals surface area contributed by atoms with Gasteiger partial charge in [-0.3, -0.25) is 0 Å². The van der Waals surface area contributed by atoms with Crippen LogP contribution in [0.5, 0.6) is 5.75 Å². The van der Waals surface area contributed by atoms with Gasteiger partial charge in [-0.2, -0.15) is 0 Å². The van der Waals surface area contributed by atoms with Crippen molar-refractivity contribution in [2.24, 2.45) is 5.73 Å². The molecule has 5 heteroatoms. The Morgan fingerprint density at radius 1 is 1.53 bits per heavy atom. The molecule has 1 saturated heterocycles.